The minimum absolute atomic E-state index is 0.0120. The Morgan fingerprint density at radius 2 is 1.76 bits per heavy atom. The molecule has 2 heterocycles. The first-order valence-electron chi connectivity index (χ1n) is 12.8. The molecule has 1 atom stereocenters. The molecule has 0 aliphatic carbocycles. The smallest absolute Gasteiger partial charge is 0.271 e. The highest BCUT2D eigenvalue weighted by atomic mass is 35.5. The zero-order chi connectivity index (χ0) is 30.4. The standard InChI is InChI=1S/C27H29Cl2N7O5S/c1-35(2)13-4-7-23(37)31-17-8-10-19(11-9-17)42(40,41)36-14-12-18(16-36)32-27(39)25-22(15-30-34-25)33-26(38)24-20(28)5-3-6-21(24)29/h3-11,15,18H,12-14,16H2,1-2H3,(H,30,34)(H,31,37)(H,32,39)(H,33,38)/b7-4+. The van der Waals surface area contributed by atoms with Gasteiger partial charge in [0.2, 0.25) is 15.9 Å². The van der Waals surface area contributed by atoms with Crippen molar-refractivity contribution in [3.8, 4) is 0 Å². The van der Waals surface area contributed by atoms with Gasteiger partial charge in [-0.15, -0.1) is 0 Å². The van der Waals surface area contributed by atoms with Crippen molar-refractivity contribution < 1.29 is 22.8 Å². The lowest BCUT2D eigenvalue weighted by atomic mass is 10.2. The second kappa shape index (κ2) is 13.5. The number of anilines is 2. The maximum atomic E-state index is 13.2. The van der Waals surface area contributed by atoms with Gasteiger partial charge in [-0.3, -0.25) is 19.5 Å². The molecule has 0 spiro atoms. The highest BCUT2D eigenvalue weighted by Crippen LogP contribution is 2.26. The Kier molecular flexibility index (Phi) is 10.0. The van der Waals surface area contributed by atoms with Crippen LogP contribution in [-0.4, -0.2) is 85.3 Å². The zero-order valence-corrected chi connectivity index (χ0v) is 25.1. The molecule has 1 aliphatic heterocycles. The molecule has 1 unspecified atom stereocenters. The number of H-pyrrole nitrogens is 1. The van der Waals surface area contributed by atoms with Gasteiger partial charge in [0.05, 0.1) is 32.4 Å². The maximum Gasteiger partial charge on any atom is 0.271 e. The van der Waals surface area contributed by atoms with Crippen molar-refractivity contribution >= 4 is 62.3 Å². The van der Waals surface area contributed by atoms with Gasteiger partial charge in [-0.2, -0.15) is 9.40 Å². The van der Waals surface area contributed by atoms with Crippen LogP contribution < -0.4 is 16.0 Å². The van der Waals surface area contributed by atoms with Gasteiger partial charge in [-0.05, 0) is 56.9 Å². The summed E-state index contributed by atoms with van der Waals surface area (Å²) < 4.78 is 27.7. The summed E-state index contributed by atoms with van der Waals surface area (Å²) in [6, 6.07) is 10.0. The van der Waals surface area contributed by atoms with Crippen LogP contribution in [0.2, 0.25) is 10.0 Å². The van der Waals surface area contributed by atoms with E-state index in [0.29, 0.717) is 18.7 Å². The second-order valence-corrected chi connectivity index (χ2v) is 12.5. The van der Waals surface area contributed by atoms with E-state index in [1.54, 1.807) is 12.1 Å². The van der Waals surface area contributed by atoms with Crippen LogP contribution in [0, 0.1) is 0 Å². The third-order valence-electron chi connectivity index (χ3n) is 6.29. The first kappa shape index (κ1) is 31.2. The van der Waals surface area contributed by atoms with E-state index >= 15 is 0 Å². The van der Waals surface area contributed by atoms with Crippen molar-refractivity contribution in [1.29, 1.82) is 0 Å². The van der Waals surface area contributed by atoms with Gasteiger partial charge in [0, 0.05) is 37.4 Å². The fourth-order valence-electron chi connectivity index (χ4n) is 4.19. The van der Waals surface area contributed by atoms with Crippen LogP contribution in [-0.2, 0) is 14.8 Å². The van der Waals surface area contributed by atoms with Crippen LogP contribution >= 0.6 is 23.2 Å². The molecule has 1 fully saturated rings. The number of hydrogen-bond donors (Lipinski definition) is 4. The molecular formula is C27H29Cl2N7O5S. The van der Waals surface area contributed by atoms with Crippen LogP contribution in [0.4, 0.5) is 11.4 Å². The molecule has 15 heteroatoms. The van der Waals surface area contributed by atoms with Crippen molar-refractivity contribution in [1.82, 2.24) is 24.7 Å². The molecule has 4 rings (SSSR count). The molecule has 4 N–H and O–H groups in total. The first-order valence-corrected chi connectivity index (χ1v) is 15.0. The van der Waals surface area contributed by atoms with Gasteiger partial charge >= 0.3 is 0 Å². The maximum absolute atomic E-state index is 13.2. The van der Waals surface area contributed by atoms with Crippen LogP contribution in [0.1, 0.15) is 27.3 Å². The van der Waals surface area contributed by atoms with Crippen molar-refractivity contribution in [2.45, 2.75) is 17.4 Å². The Balaban J connectivity index is 1.35. The minimum atomic E-state index is -3.85. The van der Waals surface area contributed by atoms with E-state index in [0.717, 1.165) is 0 Å². The van der Waals surface area contributed by atoms with Crippen molar-refractivity contribution in [3.63, 3.8) is 0 Å². The van der Waals surface area contributed by atoms with Gasteiger partial charge in [0.25, 0.3) is 11.8 Å². The summed E-state index contributed by atoms with van der Waals surface area (Å²) in [6.45, 7) is 0.856. The molecule has 1 aromatic heterocycles. The number of aromatic amines is 1. The van der Waals surface area contributed by atoms with Crippen LogP contribution in [0.25, 0.3) is 0 Å². The molecule has 0 radical (unpaired) electrons. The van der Waals surface area contributed by atoms with Gasteiger partial charge < -0.3 is 20.9 Å². The molecule has 12 nitrogen and oxygen atoms in total. The molecule has 1 aliphatic rings. The molecule has 2 aromatic carbocycles. The summed E-state index contributed by atoms with van der Waals surface area (Å²) in [5, 5.41) is 14.8. The van der Waals surface area contributed by atoms with Gasteiger partial charge in [0.1, 0.15) is 5.69 Å². The van der Waals surface area contributed by atoms with E-state index in [2.05, 4.69) is 26.1 Å². The summed E-state index contributed by atoms with van der Waals surface area (Å²) in [5.41, 5.74) is 0.606. The number of carbonyl (C=O) groups excluding carboxylic acids is 3. The van der Waals surface area contributed by atoms with E-state index in [1.165, 1.54) is 53.0 Å². The van der Waals surface area contributed by atoms with E-state index in [9.17, 15) is 22.8 Å². The van der Waals surface area contributed by atoms with Crippen LogP contribution in [0.15, 0.2) is 65.7 Å². The van der Waals surface area contributed by atoms with Crippen molar-refractivity contribution in [3.05, 3.63) is 82.1 Å². The van der Waals surface area contributed by atoms with Crippen molar-refractivity contribution in [2.24, 2.45) is 0 Å². The minimum Gasteiger partial charge on any atom is -0.347 e. The number of benzene rings is 2. The fourth-order valence-corrected chi connectivity index (χ4v) is 6.26. The lowest BCUT2D eigenvalue weighted by Gasteiger charge is -2.17. The molecule has 0 saturated carbocycles. The lowest BCUT2D eigenvalue weighted by Crippen LogP contribution is -2.39. The summed E-state index contributed by atoms with van der Waals surface area (Å²) in [5.74, 6) is -1.51. The normalized spacial score (nSPS) is 15.7. The van der Waals surface area contributed by atoms with Gasteiger partial charge in [-0.25, -0.2) is 8.42 Å². The lowest BCUT2D eigenvalue weighted by molar-refractivity contribution is -0.111. The third kappa shape index (κ3) is 7.55. The van der Waals surface area contributed by atoms with E-state index < -0.39 is 27.9 Å². The van der Waals surface area contributed by atoms with Gasteiger partial charge in [0.15, 0.2) is 0 Å². The zero-order valence-electron chi connectivity index (χ0n) is 22.7. The number of hydrogen-bond acceptors (Lipinski definition) is 7. The number of aromatic nitrogens is 2. The highest BCUT2D eigenvalue weighted by Gasteiger charge is 2.34. The number of halogens is 2. The molecule has 42 heavy (non-hydrogen) atoms. The van der Waals surface area contributed by atoms with E-state index in [-0.39, 0.29) is 50.9 Å². The first-order chi connectivity index (χ1) is 20.0. The highest BCUT2D eigenvalue weighted by molar-refractivity contribution is 7.89. The predicted octanol–water partition coefficient (Wildman–Crippen LogP) is 3.22. The Morgan fingerprint density at radius 3 is 2.43 bits per heavy atom. The Labute approximate surface area is 253 Å². The van der Waals surface area contributed by atoms with E-state index in [4.69, 9.17) is 23.2 Å². The average molecular weight is 635 g/mol. The molecule has 3 aromatic rings. The monoisotopic (exact) mass is 633 g/mol. The molecule has 3 amide bonds. The largest absolute Gasteiger partial charge is 0.347 e. The Hall–Kier alpha value is -3.75. The van der Waals surface area contributed by atoms with E-state index in [1.807, 2.05) is 19.0 Å². The van der Waals surface area contributed by atoms with Gasteiger partial charge in [-0.1, -0.05) is 35.3 Å². The molecule has 222 valence electrons. The summed E-state index contributed by atoms with van der Waals surface area (Å²) >= 11 is 12.2. The SMILES string of the molecule is CN(C)C/C=C/C(=O)Nc1ccc(S(=O)(=O)N2CCC(NC(=O)c3[nH]ncc3NC(=O)c3c(Cl)cccc3Cl)C2)cc1. The van der Waals surface area contributed by atoms with Crippen LogP contribution in [0.5, 0.6) is 0 Å². The third-order valence-corrected chi connectivity index (χ3v) is 8.80. The predicted molar refractivity (Wildman–Crippen MR) is 160 cm³/mol. The number of sulfonamides is 1. The quantitative estimate of drug-likeness (QED) is 0.250. The Morgan fingerprint density at radius 1 is 1.07 bits per heavy atom. The number of carbonyl (C=O) groups is 3. The molecular weight excluding hydrogens is 605 g/mol. The molecule has 0 bridgehead atoms. The number of amides is 3. The fraction of sp³-hybridized carbons (Fsp3) is 0.259. The number of nitrogens with zero attached hydrogens (tertiary/aromatic N) is 3. The van der Waals surface area contributed by atoms with Crippen molar-refractivity contribution in [2.75, 3.05) is 44.4 Å². The summed E-state index contributed by atoms with van der Waals surface area (Å²) in [4.78, 5) is 39.8. The topological polar surface area (TPSA) is 157 Å². The molecule has 1 saturated heterocycles. The average Bonchev–Trinajstić information content (AvgIpc) is 3.59. The van der Waals surface area contributed by atoms with Crippen LogP contribution in [0.3, 0.4) is 0 Å². The Bertz CT molecular complexity index is 1590. The number of likely N-dealkylation sites (N-methyl/N-ethyl adjacent to an activating group) is 1. The second-order valence-electron chi connectivity index (χ2n) is 9.71. The summed E-state index contributed by atoms with van der Waals surface area (Å²) in [6.07, 6.45) is 4.78. The number of rotatable bonds is 10. The number of nitrogens with one attached hydrogen (secondary N) is 4. The summed E-state index contributed by atoms with van der Waals surface area (Å²) in [7, 11) is -0.0758.